The molecule has 0 aliphatic carbocycles. The first-order valence-corrected chi connectivity index (χ1v) is 7.10. The maximum Gasteiger partial charge on any atom is 0.200 e. The molecule has 0 N–H and O–H groups in total. The molecule has 0 fully saturated rings. The van der Waals surface area contributed by atoms with Crippen molar-refractivity contribution in [3.63, 3.8) is 0 Å². The number of aryl methyl sites for hydroxylation is 1. The Kier molecular flexibility index (Phi) is 2.78. The first kappa shape index (κ1) is 12.2. The number of para-hydroxylation sites is 2. The first-order chi connectivity index (χ1) is 10.3. The van der Waals surface area contributed by atoms with Gasteiger partial charge in [0, 0.05) is 5.39 Å². The predicted octanol–water partition coefficient (Wildman–Crippen LogP) is 3.99. The smallest absolute Gasteiger partial charge is 0.200 e. The summed E-state index contributed by atoms with van der Waals surface area (Å²) in [5.74, 6) is 0.692. The number of furan rings is 1. The summed E-state index contributed by atoms with van der Waals surface area (Å²) in [7, 11) is 0. The lowest BCUT2D eigenvalue weighted by atomic mass is 9.96. The lowest BCUT2D eigenvalue weighted by Crippen LogP contribution is -2.13. The summed E-state index contributed by atoms with van der Waals surface area (Å²) >= 11 is 0. The molecule has 1 aliphatic rings. The molecule has 3 aromatic rings. The fourth-order valence-corrected chi connectivity index (χ4v) is 2.87. The minimum absolute atomic E-state index is 0.0429. The van der Waals surface area contributed by atoms with Crippen LogP contribution < -0.4 is 4.74 Å². The highest BCUT2D eigenvalue weighted by Crippen LogP contribution is 2.32. The molecule has 1 aromatic heterocycles. The molecule has 2 heterocycles. The second-order valence-electron chi connectivity index (χ2n) is 5.22. The fraction of sp³-hybridized carbons (Fsp3) is 0.167. The maximum atomic E-state index is 12.9. The Hall–Kier alpha value is -2.55. The Morgan fingerprint density at radius 3 is 2.86 bits per heavy atom. The summed E-state index contributed by atoms with van der Waals surface area (Å²) in [6.45, 7) is 0.670. The Morgan fingerprint density at radius 1 is 1.00 bits per heavy atom. The minimum atomic E-state index is -0.0429. The molecule has 3 nitrogen and oxygen atoms in total. The van der Waals surface area contributed by atoms with E-state index in [0.29, 0.717) is 17.7 Å². The molecular weight excluding hydrogens is 264 g/mol. The van der Waals surface area contributed by atoms with Gasteiger partial charge in [0.2, 0.25) is 5.78 Å². The van der Waals surface area contributed by atoms with Gasteiger partial charge in [-0.25, -0.2) is 0 Å². The monoisotopic (exact) mass is 278 g/mol. The van der Waals surface area contributed by atoms with Gasteiger partial charge in [-0.05, 0) is 30.5 Å². The standard InChI is InChI=1S/C18H14O3/c19-17(15-11-21-16-9-2-1-7-13(15)16)14-8-3-5-12-6-4-10-20-18(12)14/h1-3,5,7-9,11H,4,6,10H2. The molecule has 0 spiro atoms. The van der Waals surface area contributed by atoms with E-state index in [2.05, 4.69) is 0 Å². The van der Waals surface area contributed by atoms with Crippen molar-refractivity contribution in [2.24, 2.45) is 0 Å². The molecule has 0 atom stereocenters. The van der Waals surface area contributed by atoms with Gasteiger partial charge in [-0.15, -0.1) is 0 Å². The molecule has 0 bridgehead atoms. The van der Waals surface area contributed by atoms with E-state index in [-0.39, 0.29) is 5.78 Å². The molecule has 0 amide bonds. The molecule has 1 aliphatic heterocycles. The highest BCUT2D eigenvalue weighted by atomic mass is 16.5. The van der Waals surface area contributed by atoms with Crippen LogP contribution in [0.3, 0.4) is 0 Å². The van der Waals surface area contributed by atoms with Gasteiger partial charge in [-0.1, -0.05) is 30.3 Å². The first-order valence-electron chi connectivity index (χ1n) is 7.10. The van der Waals surface area contributed by atoms with Crippen molar-refractivity contribution >= 4 is 16.8 Å². The van der Waals surface area contributed by atoms with E-state index in [1.54, 1.807) is 0 Å². The fourth-order valence-electron chi connectivity index (χ4n) is 2.87. The Balaban J connectivity index is 1.85. The Labute approximate surface area is 122 Å². The van der Waals surface area contributed by atoms with Gasteiger partial charge in [-0.2, -0.15) is 0 Å². The Bertz CT molecular complexity index is 829. The third-order valence-electron chi connectivity index (χ3n) is 3.90. The lowest BCUT2D eigenvalue weighted by molar-refractivity contribution is 0.103. The SMILES string of the molecule is O=C(c1cccc2c1OCCC2)c1coc2ccccc12. The van der Waals surface area contributed by atoms with E-state index in [0.717, 1.165) is 35.1 Å². The van der Waals surface area contributed by atoms with Crippen LogP contribution in [0.1, 0.15) is 27.9 Å². The average Bonchev–Trinajstić information content (AvgIpc) is 2.98. The molecule has 2 aromatic carbocycles. The molecule has 0 saturated heterocycles. The highest BCUT2D eigenvalue weighted by molar-refractivity contribution is 6.17. The predicted molar refractivity (Wildman–Crippen MR) is 79.9 cm³/mol. The topological polar surface area (TPSA) is 39.4 Å². The van der Waals surface area contributed by atoms with E-state index in [1.165, 1.54) is 6.26 Å². The van der Waals surface area contributed by atoms with Crippen LogP contribution in [0.5, 0.6) is 5.75 Å². The second-order valence-corrected chi connectivity index (χ2v) is 5.22. The summed E-state index contributed by atoms with van der Waals surface area (Å²) in [6.07, 6.45) is 3.50. The zero-order valence-corrected chi connectivity index (χ0v) is 11.5. The largest absolute Gasteiger partial charge is 0.493 e. The quantitative estimate of drug-likeness (QED) is 0.665. The van der Waals surface area contributed by atoms with Crippen molar-refractivity contribution in [1.82, 2.24) is 0 Å². The third-order valence-corrected chi connectivity index (χ3v) is 3.90. The van der Waals surface area contributed by atoms with E-state index >= 15 is 0 Å². The summed E-state index contributed by atoms with van der Waals surface area (Å²) in [5, 5.41) is 0.843. The number of ketones is 1. The molecule has 4 rings (SSSR count). The van der Waals surface area contributed by atoms with Crippen molar-refractivity contribution in [3.05, 3.63) is 65.4 Å². The van der Waals surface area contributed by atoms with Gasteiger partial charge in [0.1, 0.15) is 17.6 Å². The van der Waals surface area contributed by atoms with Gasteiger partial charge in [0.25, 0.3) is 0 Å². The van der Waals surface area contributed by atoms with Crippen molar-refractivity contribution in [2.75, 3.05) is 6.61 Å². The third kappa shape index (κ3) is 1.93. The molecular formula is C18H14O3. The molecule has 21 heavy (non-hydrogen) atoms. The van der Waals surface area contributed by atoms with E-state index in [4.69, 9.17) is 9.15 Å². The number of hydrogen-bond donors (Lipinski definition) is 0. The van der Waals surface area contributed by atoms with Crippen molar-refractivity contribution in [1.29, 1.82) is 0 Å². The van der Waals surface area contributed by atoms with Crippen LogP contribution in [0.2, 0.25) is 0 Å². The van der Waals surface area contributed by atoms with Crippen molar-refractivity contribution in [2.45, 2.75) is 12.8 Å². The maximum absolute atomic E-state index is 12.9. The number of fused-ring (bicyclic) bond motifs is 2. The van der Waals surface area contributed by atoms with Gasteiger partial charge in [0.05, 0.1) is 17.7 Å². The second kappa shape index (κ2) is 4.77. The van der Waals surface area contributed by atoms with Gasteiger partial charge in [0.15, 0.2) is 0 Å². The molecule has 0 saturated carbocycles. The van der Waals surface area contributed by atoms with Gasteiger partial charge >= 0.3 is 0 Å². The number of ether oxygens (including phenoxy) is 1. The van der Waals surface area contributed by atoms with E-state index < -0.39 is 0 Å². The average molecular weight is 278 g/mol. The molecule has 0 unspecified atom stereocenters. The molecule has 3 heteroatoms. The summed E-state index contributed by atoms with van der Waals surface area (Å²) in [4.78, 5) is 12.9. The molecule has 104 valence electrons. The van der Waals surface area contributed by atoms with Crippen molar-refractivity contribution in [3.8, 4) is 5.75 Å². The van der Waals surface area contributed by atoms with Crippen molar-refractivity contribution < 1.29 is 13.9 Å². The zero-order valence-electron chi connectivity index (χ0n) is 11.5. The normalized spacial score (nSPS) is 13.7. The number of carbonyl (C=O) groups excluding carboxylic acids is 1. The highest BCUT2D eigenvalue weighted by Gasteiger charge is 2.22. The summed E-state index contributed by atoms with van der Waals surface area (Å²) in [6, 6.07) is 13.3. The van der Waals surface area contributed by atoms with Gasteiger partial charge in [-0.3, -0.25) is 4.79 Å². The van der Waals surface area contributed by atoms with Crippen LogP contribution in [0.15, 0.2) is 53.1 Å². The lowest BCUT2D eigenvalue weighted by Gasteiger charge is -2.19. The zero-order chi connectivity index (χ0) is 14.2. The van der Waals surface area contributed by atoms with E-state index in [1.807, 2.05) is 42.5 Å². The number of hydrogen-bond acceptors (Lipinski definition) is 3. The van der Waals surface area contributed by atoms with Gasteiger partial charge < -0.3 is 9.15 Å². The van der Waals surface area contributed by atoms with Crippen LogP contribution in [0.4, 0.5) is 0 Å². The van der Waals surface area contributed by atoms with Crippen LogP contribution in [-0.4, -0.2) is 12.4 Å². The van der Waals surface area contributed by atoms with Crippen LogP contribution in [0, 0.1) is 0 Å². The summed E-state index contributed by atoms with van der Waals surface area (Å²) in [5.41, 5.74) is 3.05. The minimum Gasteiger partial charge on any atom is -0.493 e. The number of carbonyl (C=O) groups is 1. The summed E-state index contributed by atoms with van der Waals surface area (Å²) < 4.78 is 11.2. The van der Waals surface area contributed by atoms with Crippen LogP contribution in [0.25, 0.3) is 11.0 Å². The Morgan fingerprint density at radius 2 is 1.90 bits per heavy atom. The van der Waals surface area contributed by atoms with Crippen LogP contribution in [-0.2, 0) is 6.42 Å². The number of benzene rings is 2. The van der Waals surface area contributed by atoms with Crippen LogP contribution >= 0.6 is 0 Å². The molecule has 0 radical (unpaired) electrons. The van der Waals surface area contributed by atoms with E-state index in [9.17, 15) is 4.79 Å². The number of rotatable bonds is 2.